The topological polar surface area (TPSA) is 110 Å². The van der Waals surface area contributed by atoms with Gasteiger partial charge in [0.1, 0.15) is 18.4 Å². The van der Waals surface area contributed by atoms with Crippen molar-refractivity contribution in [2.24, 2.45) is 0 Å². The van der Waals surface area contributed by atoms with Gasteiger partial charge in [0.25, 0.3) is 5.56 Å². The monoisotopic (exact) mass is 354 g/mol. The Morgan fingerprint density at radius 1 is 1.38 bits per heavy atom. The number of benzene rings is 1. The lowest BCUT2D eigenvalue weighted by Gasteiger charge is -2.39. The van der Waals surface area contributed by atoms with Crippen LogP contribution >= 0.6 is 0 Å². The van der Waals surface area contributed by atoms with E-state index in [1.54, 1.807) is 29.2 Å². The van der Waals surface area contributed by atoms with E-state index in [0.29, 0.717) is 23.6 Å². The van der Waals surface area contributed by atoms with E-state index in [4.69, 9.17) is 4.52 Å². The summed E-state index contributed by atoms with van der Waals surface area (Å²) in [6.45, 7) is 2.14. The number of aryl methyl sites for hydroxylation is 1. The quantitative estimate of drug-likeness (QED) is 0.882. The van der Waals surface area contributed by atoms with Gasteiger partial charge >= 0.3 is 0 Å². The number of piperazine rings is 1. The van der Waals surface area contributed by atoms with Gasteiger partial charge in [-0.05, 0) is 19.1 Å². The van der Waals surface area contributed by atoms with Crippen LogP contribution in [0.15, 0.2) is 39.6 Å². The third kappa shape index (κ3) is 3.52. The zero-order chi connectivity index (χ0) is 18.7. The number of rotatable bonds is 4. The minimum absolute atomic E-state index is 0.0448. The van der Waals surface area contributed by atoms with E-state index in [1.807, 2.05) is 6.92 Å². The molecule has 0 unspecified atom stereocenters. The molecule has 0 aliphatic carbocycles. The Morgan fingerprint density at radius 3 is 2.85 bits per heavy atom. The number of aromatic nitrogens is 1. The molecule has 0 spiro atoms. The van der Waals surface area contributed by atoms with Crippen molar-refractivity contribution in [3.05, 3.63) is 52.0 Å². The molecule has 0 bridgehead atoms. The van der Waals surface area contributed by atoms with Crippen molar-refractivity contribution >= 4 is 17.5 Å². The summed E-state index contributed by atoms with van der Waals surface area (Å²) in [6, 6.07) is 10.1. The predicted molar refractivity (Wildman–Crippen MR) is 92.3 cm³/mol. The molecule has 0 saturated carbocycles. The van der Waals surface area contributed by atoms with Crippen molar-refractivity contribution in [2.45, 2.75) is 25.8 Å². The molecule has 1 aromatic carbocycles. The van der Waals surface area contributed by atoms with Crippen LogP contribution in [0, 0.1) is 11.3 Å². The average molecular weight is 354 g/mol. The zero-order valence-electron chi connectivity index (χ0n) is 14.3. The van der Waals surface area contributed by atoms with Crippen LogP contribution in [0.3, 0.4) is 0 Å². The SMILES string of the molecule is C[C@@H]1CN(c2ccccc2C#N)C(=O)CN1C(=O)CCc1cc(=O)[nH]o1. The highest BCUT2D eigenvalue weighted by Gasteiger charge is 2.33. The molecule has 1 aliphatic rings. The van der Waals surface area contributed by atoms with Gasteiger partial charge in [-0.3, -0.25) is 14.4 Å². The van der Waals surface area contributed by atoms with Gasteiger partial charge < -0.3 is 14.3 Å². The van der Waals surface area contributed by atoms with Gasteiger partial charge in [0.2, 0.25) is 11.8 Å². The van der Waals surface area contributed by atoms with Gasteiger partial charge in [-0.15, -0.1) is 0 Å². The lowest BCUT2D eigenvalue weighted by Crippen LogP contribution is -2.57. The standard InChI is InChI=1S/C18H18N4O4/c1-12-10-22(15-5-3-2-4-13(15)9-19)18(25)11-21(12)17(24)7-6-14-8-16(23)20-26-14/h2-5,8,12H,6-7,10-11H2,1H3,(H,20,23)/t12-/m1/s1. The van der Waals surface area contributed by atoms with Crippen LogP contribution in [0.1, 0.15) is 24.7 Å². The number of H-pyrrole nitrogens is 1. The summed E-state index contributed by atoms with van der Waals surface area (Å²) in [5, 5.41) is 11.4. The van der Waals surface area contributed by atoms with E-state index in [0.717, 1.165) is 0 Å². The maximum absolute atomic E-state index is 12.6. The number of nitriles is 1. The summed E-state index contributed by atoms with van der Waals surface area (Å²) < 4.78 is 4.94. The fraction of sp³-hybridized carbons (Fsp3) is 0.333. The molecule has 0 radical (unpaired) electrons. The number of carbonyl (C=O) groups excluding carboxylic acids is 2. The largest absolute Gasteiger partial charge is 0.384 e. The van der Waals surface area contributed by atoms with Gasteiger partial charge in [-0.1, -0.05) is 12.1 Å². The van der Waals surface area contributed by atoms with Crippen molar-refractivity contribution in [1.29, 1.82) is 5.26 Å². The first-order valence-electron chi connectivity index (χ1n) is 8.26. The number of nitrogens with one attached hydrogen (secondary N) is 1. The fourth-order valence-corrected chi connectivity index (χ4v) is 3.04. The lowest BCUT2D eigenvalue weighted by molar-refractivity contribution is -0.139. The van der Waals surface area contributed by atoms with Crippen LogP contribution in [0.2, 0.25) is 0 Å². The smallest absolute Gasteiger partial charge is 0.280 e. The van der Waals surface area contributed by atoms with Gasteiger partial charge in [0.15, 0.2) is 0 Å². The van der Waals surface area contributed by atoms with Gasteiger partial charge in [-0.25, -0.2) is 0 Å². The number of aromatic amines is 1. The first-order valence-corrected chi connectivity index (χ1v) is 8.26. The summed E-state index contributed by atoms with van der Waals surface area (Å²) in [5.41, 5.74) is 0.643. The third-order valence-electron chi connectivity index (χ3n) is 4.38. The third-order valence-corrected chi connectivity index (χ3v) is 4.38. The van der Waals surface area contributed by atoms with Crippen LogP contribution < -0.4 is 10.5 Å². The summed E-state index contributed by atoms with van der Waals surface area (Å²) in [4.78, 5) is 39.1. The summed E-state index contributed by atoms with van der Waals surface area (Å²) in [7, 11) is 0. The maximum atomic E-state index is 12.6. The minimum atomic E-state index is -0.347. The second-order valence-electron chi connectivity index (χ2n) is 6.18. The number of amides is 2. The van der Waals surface area contributed by atoms with Crippen LogP contribution in [-0.4, -0.2) is 41.0 Å². The van der Waals surface area contributed by atoms with Crippen LogP contribution in [-0.2, 0) is 16.0 Å². The Labute approximate surface area is 149 Å². The van der Waals surface area contributed by atoms with Crippen LogP contribution in [0.25, 0.3) is 0 Å². The van der Waals surface area contributed by atoms with Gasteiger partial charge in [0, 0.05) is 31.5 Å². The van der Waals surface area contributed by atoms with E-state index in [9.17, 15) is 19.6 Å². The highest BCUT2D eigenvalue weighted by molar-refractivity contribution is 5.99. The van der Waals surface area contributed by atoms with Gasteiger partial charge in [-0.2, -0.15) is 10.4 Å². The zero-order valence-corrected chi connectivity index (χ0v) is 14.3. The second-order valence-corrected chi connectivity index (χ2v) is 6.18. The van der Waals surface area contributed by atoms with E-state index >= 15 is 0 Å². The number of anilines is 1. The van der Waals surface area contributed by atoms with E-state index < -0.39 is 0 Å². The minimum Gasteiger partial charge on any atom is -0.384 e. The van der Waals surface area contributed by atoms with Crippen molar-refractivity contribution in [3.8, 4) is 6.07 Å². The molecule has 1 atom stereocenters. The lowest BCUT2D eigenvalue weighted by atomic mass is 10.1. The van der Waals surface area contributed by atoms with Crippen LogP contribution in [0.4, 0.5) is 5.69 Å². The average Bonchev–Trinajstić information content (AvgIpc) is 3.06. The Morgan fingerprint density at radius 2 is 2.15 bits per heavy atom. The Bertz CT molecular complexity index is 924. The van der Waals surface area contributed by atoms with Crippen LogP contribution in [0.5, 0.6) is 0 Å². The van der Waals surface area contributed by atoms with Crippen molar-refractivity contribution < 1.29 is 14.1 Å². The number of nitrogens with zero attached hydrogens (tertiary/aromatic N) is 3. The maximum Gasteiger partial charge on any atom is 0.280 e. The van der Waals surface area contributed by atoms with E-state index in [1.165, 1.54) is 11.0 Å². The van der Waals surface area contributed by atoms with E-state index in [2.05, 4.69) is 11.2 Å². The molecule has 8 heteroatoms. The van der Waals surface area contributed by atoms with E-state index in [-0.39, 0.29) is 42.8 Å². The molecule has 3 rings (SSSR count). The van der Waals surface area contributed by atoms with Crippen molar-refractivity contribution in [1.82, 2.24) is 10.1 Å². The first kappa shape index (κ1) is 17.5. The molecule has 1 aliphatic heterocycles. The molecule has 2 heterocycles. The predicted octanol–water partition coefficient (Wildman–Crippen LogP) is 1.04. The Kier molecular flexibility index (Phi) is 4.89. The Hall–Kier alpha value is -3.34. The fourth-order valence-electron chi connectivity index (χ4n) is 3.04. The molecule has 2 aromatic rings. The number of hydrogen-bond acceptors (Lipinski definition) is 5. The highest BCUT2D eigenvalue weighted by atomic mass is 16.5. The molecule has 1 fully saturated rings. The summed E-state index contributed by atoms with van der Waals surface area (Å²) in [5.74, 6) is -0.000781. The Balaban J connectivity index is 1.68. The molecular weight excluding hydrogens is 336 g/mol. The number of hydrogen-bond donors (Lipinski definition) is 1. The molecule has 26 heavy (non-hydrogen) atoms. The highest BCUT2D eigenvalue weighted by Crippen LogP contribution is 2.24. The molecule has 1 aromatic heterocycles. The molecular formula is C18H18N4O4. The number of para-hydroxylation sites is 1. The summed E-state index contributed by atoms with van der Waals surface area (Å²) in [6.07, 6.45) is 0.434. The molecule has 2 amide bonds. The van der Waals surface area contributed by atoms with Crippen molar-refractivity contribution in [3.63, 3.8) is 0 Å². The first-order chi connectivity index (χ1) is 12.5. The molecule has 1 N–H and O–H groups in total. The van der Waals surface area contributed by atoms with Crippen molar-refractivity contribution in [2.75, 3.05) is 18.0 Å². The molecule has 8 nitrogen and oxygen atoms in total. The summed E-state index contributed by atoms with van der Waals surface area (Å²) >= 11 is 0. The molecule has 134 valence electrons. The normalized spacial score (nSPS) is 17.2. The molecule has 1 saturated heterocycles. The second kappa shape index (κ2) is 7.27. The van der Waals surface area contributed by atoms with Gasteiger partial charge in [0.05, 0.1) is 11.3 Å². The number of carbonyl (C=O) groups is 2.